The molecule has 5 heterocycles. The molecule has 0 spiro atoms. The molecule has 6 nitrogen and oxygen atoms in total. The van der Waals surface area contributed by atoms with Gasteiger partial charge in [0, 0.05) is 35.3 Å². The van der Waals surface area contributed by atoms with E-state index in [0.29, 0.717) is 5.69 Å². The largest absolute Gasteiger partial charge is 0.338 e. The van der Waals surface area contributed by atoms with Gasteiger partial charge in [-0.15, -0.1) is 0 Å². The lowest BCUT2D eigenvalue weighted by Crippen LogP contribution is -2.29. The van der Waals surface area contributed by atoms with E-state index in [0.717, 1.165) is 39.7 Å². The maximum absolute atomic E-state index is 9.13. The van der Waals surface area contributed by atoms with Crippen LogP contribution >= 0.6 is 0 Å². The van der Waals surface area contributed by atoms with Crippen LogP contribution in [0.5, 0.6) is 0 Å². The van der Waals surface area contributed by atoms with Crippen molar-refractivity contribution in [1.29, 1.82) is 5.26 Å². The van der Waals surface area contributed by atoms with E-state index in [1.54, 1.807) is 12.3 Å². The number of nitriles is 1. The van der Waals surface area contributed by atoms with E-state index in [1.807, 2.05) is 12.4 Å². The van der Waals surface area contributed by atoms with E-state index < -0.39 is 0 Å². The summed E-state index contributed by atoms with van der Waals surface area (Å²) in [6, 6.07) is 10.2. The highest BCUT2D eigenvalue weighted by atomic mass is 15.1. The first-order valence-electron chi connectivity index (χ1n) is 9.65. The summed E-state index contributed by atoms with van der Waals surface area (Å²) in [6.07, 6.45) is 9.44. The van der Waals surface area contributed by atoms with Gasteiger partial charge in [-0.25, -0.2) is 9.97 Å². The van der Waals surface area contributed by atoms with E-state index in [4.69, 9.17) is 5.26 Å². The van der Waals surface area contributed by atoms with Crippen LogP contribution in [0.1, 0.15) is 30.5 Å². The number of rotatable bonds is 3. The lowest BCUT2D eigenvalue weighted by atomic mass is 10.1. The molecule has 4 aromatic heterocycles. The van der Waals surface area contributed by atoms with Crippen molar-refractivity contribution >= 4 is 21.9 Å². The van der Waals surface area contributed by atoms with Gasteiger partial charge in [0.15, 0.2) is 0 Å². The lowest BCUT2D eigenvalue weighted by molar-refractivity contribution is 0.220. The zero-order chi connectivity index (χ0) is 18.9. The third kappa shape index (κ3) is 3.10. The Bertz CT molecular complexity index is 1180. The second kappa shape index (κ2) is 7.02. The summed E-state index contributed by atoms with van der Waals surface area (Å²) in [6.45, 7) is 3.34. The molecule has 1 fully saturated rings. The van der Waals surface area contributed by atoms with Gasteiger partial charge in [-0.3, -0.25) is 9.88 Å². The van der Waals surface area contributed by atoms with Crippen LogP contribution in [0.25, 0.3) is 33.2 Å². The molecule has 0 saturated carbocycles. The van der Waals surface area contributed by atoms with Crippen molar-refractivity contribution in [3.8, 4) is 17.3 Å². The number of hydrogen-bond acceptors (Lipinski definition) is 5. The molecular formula is C22H20N6. The molecule has 1 N–H and O–H groups in total. The summed E-state index contributed by atoms with van der Waals surface area (Å²) in [7, 11) is 0. The van der Waals surface area contributed by atoms with Gasteiger partial charge in [0.25, 0.3) is 0 Å². The van der Waals surface area contributed by atoms with E-state index in [1.165, 1.54) is 37.9 Å². The smallest absolute Gasteiger partial charge is 0.141 e. The number of H-pyrrole nitrogens is 1. The third-order valence-corrected chi connectivity index (χ3v) is 5.42. The van der Waals surface area contributed by atoms with E-state index in [-0.39, 0.29) is 0 Å². The first kappa shape index (κ1) is 16.8. The van der Waals surface area contributed by atoms with Crippen molar-refractivity contribution in [3.63, 3.8) is 0 Å². The minimum Gasteiger partial charge on any atom is -0.338 e. The minimum atomic E-state index is 0.402. The summed E-state index contributed by atoms with van der Waals surface area (Å²) in [5.74, 6) is 0. The molecule has 1 aliphatic heterocycles. The number of pyridine rings is 3. The van der Waals surface area contributed by atoms with Crippen LogP contribution < -0.4 is 0 Å². The number of nitrogens with one attached hydrogen (secondary N) is 1. The molecule has 5 rings (SSSR count). The van der Waals surface area contributed by atoms with E-state index >= 15 is 0 Å². The highest BCUT2D eigenvalue weighted by molar-refractivity contribution is 6.06. The summed E-state index contributed by atoms with van der Waals surface area (Å²) in [4.78, 5) is 19.1. The van der Waals surface area contributed by atoms with Crippen molar-refractivity contribution in [2.75, 3.05) is 13.1 Å². The molecule has 4 aromatic rings. The van der Waals surface area contributed by atoms with Crippen molar-refractivity contribution in [2.45, 2.75) is 25.8 Å². The molecular weight excluding hydrogens is 348 g/mol. The molecule has 0 aromatic carbocycles. The van der Waals surface area contributed by atoms with Crippen LogP contribution in [0.3, 0.4) is 0 Å². The fourth-order valence-electron chi connectivity index (χ4n) is 3.94. The molecule has 0 bridgehead atoms. The molecule has 138 valence electrons. The fraction of sp³-hybridized carbons (Fsp3) is 0.273. The van der Waals surface area contributed by atoms with Crippen molar-refractivity contribution in [2.24, 2.45) is 0 Å². The lowest BCUT2D eigenvalue weighted by Gasteiger charge is -2.26. The Morgan fingerprint density at radius 3 is 2.64 bits per heavy atom. The average Bonchev–Trinajstić information content (AvgIpc) is 3.12. The van der Waals surface area contributed by atoms with Crippen LogP contribution in [0.2, 0.25) is 0 Å². The summed E-state index contributed by atoms with van der Waals surface area (Å²) < 4.78 is 0. The topological polar surface area (TPSA) is 81.5 Å². The van der Waals surface area contributed by atoms with E-state index in [2.05, 4.69) is 49.1 Å². The number of hydrogen-bond donors (Lipinski definition) is 1. The van der Waals surface area contributed by atoms with Crippen LogP contribution in [0.15, 0.2) is 42.9 Å². The van der Waals surface area contributed by atoms with Crippen LogP contribution in [-0.4, -0.2) is 37.9 Å². The van der Waals surface area contributed by atoms with Gasteiger partial charge in [-0.1, -0.05) is 12.5 Å². The molecule has 0 atom stereocenters. The molecule has 28 heavy (non-hydrogen) atoms. The van der Waals surface area contributed by atoms with Gasteiger partial charge in [-0.2, -0.15) is 5.26 Å². The molecule has 6 heteroatoms. The van der Waals surface area contributed by atoms with Crippen molar-refractivity contribution < 1.29 is 0 Å². The van der Waals surface area contributed by atoms with Crippen LogP contribution in [0, 0.1) is 11.3 Å². The maximum Gasteiger partial charge on any atom is 0.141 e. The normalized spacial score (nSPS) is 15.1. The van der Waals surface area contributed by atoms with Crippen molar-refractivity contribution in [1.82, 2.24) is 24.8 Å². The SMILES string of the molecule is N#Cc1cc2c(cn1)[nH]c1ncc(-c3ccc(CN4CCCCC4)cn3)cc12. The Morgan fingerprint density at radius 2 is 1.86 bits per heavy atom. The van der Waals surface area contributed by atoms with Gasteiger partial charge in [0.2, 0.25) is 0 Å². The first-order chi connectivity index (χ1) is 13.8. The highest BCUT2D eigenvalue weighted by Gasteiger charge is 2.12. The molecule has 1 aliphatic rings. The Kier molecular flexibility index (Phi) is 4.22. The van der Waals surface area contributed by atoms with Gasteiger partial charge in [-0.05, 0) is 49.7 Å². The van der Waals surface area contributed by atoms with Crippen molar-refractivity contribution in [3.05, 3.63) is 54.1 Å². The van der Waals surface area contributed by atoms with Crippen LogP contribution in [0.4, 0.5) is 0 Å². The Balaban J connectivity index is 1.46. The molecule has 0 radical (unpaired) electrons. The maximum atomic E-state index is 9.13. The second-order valence-corrected chi connectivity index (χ2v) is 7.36. The minimum absolute atomic E-state index is 0.402. The zero-order valence-electron chi connectivity index (χ0n) is 15.5. The molecule has 1 saturated heterocycles. The average molecular weight is 368 g/mol. The second-order valence-electron chi connectivity index (χ2n) is 7.36. The van der Waals surface area contributed by atoms with Crippen LogP contribution in [-0.2, 0) is 6.54 Å². The Morgan fingerprint density at radius 1 is 0.964 bits per heavy atom. The van der Waals surface area contributed by atoms with Gasteiger partial charge < -0.3 is 4.98 Å². The number of likely N-dealkylation sites (tertiary alicyclic amines) is 1. The monoisotopic (exact) mass is 368 g/mol. The number of piperidine rings is 1. The third-order valence-electron chi connectivity index (χ3n) is 5.42. The predicted molar refractivity (Wildman–Crippen MR) is 108 cm³/mol. The molecule has 0 aliphatic carbocycles. The number of aromatic nitrogens is 4. The van der Waals surface area contributed by atoms with Gasteiger partial charge in [0.05, 0.1) is 17.4 Å². The number of nitrogens with zero attached hydrogens (tertiary/aromatic N) is 5. The quantitative estimate of drug-likeness (QED) is 0.590. The summed E-state index contributed by atoms with van der Waals surface area (Å²) >= 11 is 0. The fourth-order valence-corrected chi connectivity index (χ4v) is 3.94. The number of fused-ring (bicyclic) bond motifs is 3. The Labute approximate surface area is 162 Å². The molecule has 0 amide bonds. The first-order valence-corrected chi connectivity index (χ1v) is 9.65. The highest BCUT2D eigenvalue weighted by Crippen LogP contribution is 2.28. The van der Waals surface area contributed by atoms with Gasteiger partial charge in [0.1, 0.15) is 17.4 Å². The summed E-state index contributed by atoms with van der Waals surface area (Å²) in [5, 5.41) is 11.1. The Hall–Kier alpha value is -3.30. The zero-order valence-corrected chi connectivity index (χ0v) is 15.5. The molecule has 0 unspecified atom stereocenters. The predicted octanol–water partition coefficient (Wildman–Crippen LogP) is 4.03. The van der Waals surface area contributed by atoms with Gasteiger partial charge >= 0.3 is 0 Å². The van der Waals surface area contributed by atoms with E-state index in [9.17, 15) is 0 Å². The number of aromatic amines is 1. The standard InChI is InChI=1S/C22H20N6/c23-10-17-9-18-19-8-16(12-26-22(19)27-21(18)13-24-17)20-5-4-15(11-25-20)14-28-6-2-1-3-7-28/h4-5,8-9,11-13H,1-3,6-7,14H2,(H,26,27). The summed E-state index contributed by atoms with van der Waals surface area (Å²) in [5.41, 5.74) is 5.19.